The van der Waals surface area contributed by atoms with E-state index < -0.39 is 0 Å². The molecular weight excluding hydrogens is 150 g/mol. The first-order valence-electron chi connectivity index (χ1n) is 4.56. The van der Waals surface area contributed by atoms with Crippen molar-refractivity contribution in [3.05, 3.63) is 0 Å². The Balaban J connectivity index is 2.55. The summed E-state index contributed by atoms with van der Waals surface area (Å²) in [6, 6.07) is 0.315. The smallest absolute Gasteiger partial charge is 0.0659 e. The Morgan fingerprint density at radius 2 is 1.92 bits per heavy atom. The predicted molar refractivity (Wildman–Crippen MR) is 52.4 cm³/mol. The second kappa shape index (κ2) is 4.24. The van der Waals surface area contributed by atoms with Gasteiger partial charge in [-0.15, -0.1) is 0 Å². The Morgan fingerprint density at radius 1 is 1.33 bits per heavy atom. The van der Waals surface area contributed by atoms with Crippen molar-refractivity contribution in [1.29, 1.82) is 0 Å². The van der Waals surface area contributed by atoms with Gasteiger partial charge in [-0.05, 0) is 39.5 Å². The predicted octanol–water partition coefficient (Wildman–Crippen LogP) is 2.24. The van der Waals surface area contributed by atoms with Crippen molar-refractivity contribution < 1.29 is 0 Å². The van der Waals surface area contributed by atoms with Gasteiger partial charge in [-0.2, -0.15) is 15.3 Å². The van der Waals surface area contributed by atoms with E-state index in [-0.39, 0.29) is 0 Å². The molecule has 0 saturated heterocycles. The van der Waals surface area contributed by atoms with Crippen LogP contribution in [0.1, 0.15) is 39.5 Å². The maximum Gasteiger partial charge on any atom is 0.0659 e. The number of hydrogen-bond acceptors (Lipinski definition) is 3. The minimum Gasteiger partial charge on any atom is -0.183 e. The van der Waals surface area contributed by atoms with Crippen LogP contribution in [0.4, 0.5) is 0 Å². The zero-order valence-electron chi connectivity index (χ0n) is 7.95. The fraction of sp³-hybridized carbons (Fsp3) is 0.778. The Labute approximate surface area is 74.1 Å². The van der Waals surface area contributed by atoms with Gasteiger partial charge in [0.1, 0.15) is 0 Å². The normalized spacial score (nSPS) is 16.8. The van der Waals surface area contributed by atoms with Crippen molar-refractivity contribution in [3.8, 4) is 0 Å². The van der Waals surface area contributed by atoms with Gasteiger partial charge in [-0.25, -0.2) is 0 Å². The van der Waals surface area contributed by atoms with Crippen LogP contribution in [0.2, 0.25) is 0 Å². The van der Waals surface area contributed by atoms with Crippen molar-refractivity contribution in [2.24, 2.45) is 10.2 Å². The lowest BCUT2D eigenvalue weighted by molar-refractivity contribution is 0.246. The van der Waals surface area contributed by atoms with E-state index in [9.17, 15) is 0 Å². The van der Waals surface area contributed by atoms with Gasteiger partial charge in [-0.1, -0.05) is 0 Å². The van der Waals surface area contributed by atoms with Crippen LogP contribution in [0.5, 0.6) is 0 Å². The lowest BCUT2D eigenvalue weighted by Gasteiger charge is -2.17. The lowest BCUT2D eigenvalue weighted by Crippen LogP contribution is -2.20. The minimum absolute atomic E-state index is 0.315. The SMILES string of the molecule is C=NN(N=C1CCCC1)C(C)C. The van der Waals surface area contributed by atoms with Crippen LogP contribution < -0.4 is 0 Å². The molecule has 0 atom stereocenters. The van der Waals surface area contributed by atoms with Crippen LogP contribution in [-0.4, -0.2) is 23.6 Å². The highest BCUT2D eigenvalue weighted by Gasteiger charge is 2.11. The molecule has 0 aromatic rings. The molecule has 1 fully saturated rings. The topological polar surface area (TPSA) is 28.0 Å². The minimum atomic E-state index is 0.315. The number of hydrazone groups is 2. The van der Waals surface area contributed by atoms with E-state index in [2.05, 4.69) is 30.8 Å². The molecule has 0 amide bonds. The molecule has 1 aliphatic rings. The second-order valence-electron chi connectivity index (χ2n) is 3.43. The van der Waals surface area contributed by atoms with E-state index in [1.807, 2.05) is 0 Å². The lowest BCUT2D eigenvalue weighted by atomic mass is 10.3. The molecule has 0 radical (unpaired) electrons. The van der Waals surface area contributed by atoms with Gasteiger partial charge in [0.25, 0.3) is 0 Å². The van der Waals surface area contributed by atoms with Crippen molar-refractivity contribution in [3.63, 3.8) is 0 Å². The van der Waals surface area contributed by atoms with Crippen LogP contribution in [0.3, 0.4) is 0 Å². The number of nitrogens with zero attached hydrogens (tertiary/aromatic N) is 3. The Morgan fingerprint density at radius 3 is 2.33 bits per heavy atom. The number of hydrogen-bond donors (Lipinski definition) is 0. The summed E-state index contributed by atoms with van der Waals surface area (Å²) in [7, 11) is 0. The summed E-state index contributed by atoms with van der Waals surface area (Å²) in [5.41, 5.74) is 1.27. The van der Waals surface area contributed by atoms with E-state index in [1.165, 1.54) is 18.6 Å². The summed E-state index contributed by atoms with van der Waals surface area (Å²) >= 11 is 0. The second-order valence-corrected chi connectivity index (χ2v) is 3.43. The molecule has 1 saturated carbocycles. The molecule has 0 heterocycles. The summed E-state index contributed by atoms with van der Waals surface area (Å²) in [4.78, 5) is 0. The molecule has 1 rings (SSSR count). The van der Waals surface area contributed by atoms with Gasteiger partial charge in [0.05, 0.1) is 6.04 Å². The van der Waals surface area contributed by atoms with Crippen LogP contribution in [0.15, 0.2) is 10.2 Å². The van der Waals surface area contributed by atoms with E-state index in [1.54, 1.807) is 5.12 Å². The highest BCUT2D eigenvalue weighted by Crippen LogP contribution is 2.16. The Kier molecular flexibility index (Phi) is 3.26. The van der Waals surface area contributed by atoms with E-state index in [4.69, 9.17) is 0 Å². The van der Waals surface area contributed by atoms with Crippen LogP contribution in [0, 0.1) is 0 Å². The van der Waals surface area contributed by atoms with Gasteiger partial charge in [0.15, 0.2) is 0 Å². The first-order valence-corrected chi connectivity index (χ1v) is 4.56. The standard InChI is InChI=1S/C9H17N3/c1-8(2)12(10-3)11-9-6-4-5-7-9/h8H,3-7H2,1-2H3. The molecule has 0 N–H and O–H groups in total. The van der Waals surface area contributed by atoms with E-state index in [0.29, 0.717) is 6.04 Å². The molecule has 0 unspecified atom stereocenters. The summed E-state index contributed by atoms with van der Waals surface area (Å²) < 4.78 is 0. The fourth-order valence-electron chi connectivity index (χ4n) is 1.34. The molecule has 0 aromatic carbocycles. The molecule has 3 heteroatoms. The van der Waals surface area contributed by atoms with Crippen LogP contribution >= 0.6 is 0 Å². The average molecular weight is 167 g/mol. The van der Waals surface area contributed by atoms with Gasteiger partial charge >= 0.3 is 0 Å². The average Bonchev–Trinajstić information content (AvgIpc) is 2.51. The van der Waals surface area contributed by atoms with Gasteiger partial charge in [-0.3, -0.25) is 0 Å². The summed E-state index contributed by atoms with van der Waals surface area (Å²) in [6.45, 7) is 7.62. The van der Waals surface area contributed by atoms with Gasteiger partial charge in [0, 0.05) is 12.4 Å². The van der Waals surface area contributed by atoms with Gasteiger partial charge < -0.3 is 0 Å². The highest BCUT2D eigenvalue weighted by atomic mass is 15.7. The zero-order chi connectivity index (χ0) is 8.97. The summed E-state index contributed by atoms with van der Waals surface area (Å²) in [5, 5.41) is 9.96. The summed E-state index contributed by atoms with van der Waals surface area (Å²) in [6.07, 6.45) is 4.83. The fourth-order valence-corrected chi connectivity index (χ4v) is 1.34. The highest BCUT2D eigenvalue weighted by molar-refractivity contribution is 5.85. The first kappa shape index (κ1) is 9.23. The van der Waals surface area contributed by atoms with Crippen molar-refractivity contribution in [2.75, 3.05) is 0 Å². The quantitative estimate of drug-likeness (QED) is 0.468. The molecule has 0 spiro atoms. The third kappa shape index (κ3) is 2.32. The monoisotopic (exact) mass is 167 g/mol. The third-order valence-corrected chi connectivity index (χ3v) is 2.03. The van der Waals surface area contributed by atoms with Crippen molar-refractivity contribution in [1.82, 2.24) is 5.12 Å². The van der Waals surface area contributed by atoms with Gasteiger partial charge in [0.2, 0.25) is 0 Å². The largest absolute Gasteiger partial charge is 0.183 e. The summed E-state index contributed by atoms with van der Waals surface area (Å²) in [5.74, 6) is 0. The van der Waals surface area contributed by atoms with Crippen molar-refractivity contribution in [2.45, 2.75) is 45.6 Å². The molecule has 1 aliphatic carbocycles. The van der Waals surface area contributed by atoms with Crippen molar-refractivity contribution >= 4 is 12.4 Å². The maximum absolute atomic E-state index is 4.41. The Hall–Kier alpha value is -0.860. The first-order chi connectivity index (χ1) is 5.74. The molecule has 12 heavy (non-hydrogen) atoms. The molecule has 0 aliphatic heterocycles. The molecule has 3 nitrogen and oxygen atoms in total. The zero-order valence-corrected chi connectivity index (χ0v) is 7.95. The molecular formula is C9H17N3. The van der Waals surface area contributed by atoms with E-state index in [0.717, 1.165) is 12.8 Å². The Bertz CT molecular complexity index is 176. The van der Waals surface area contributed by atoms with E-state index >= 15 is 0 Å². The van der Waals surface area contributed by atoms with Crippen LogP contribution in [0.25, 0.3) is 0 Å². The molecule has 0 aromatic heterocycles. The molecule has 68 valence electrons. The number of rotatable bonds is 3. The molecule has 0 bridgehead atoms. The van der Waals surface area contributed by atoms with Crippen LogP contribution in [-0.2, 0) is 0 Å². The maximum atomic E-state index is 4.41. The third-order valence-electron chi connectivity index (χ3n) is 2.03.